The molecule has 0 bridgehead atoms. The van der Waals surface area contributed by atoms with E-state index < -0.39 is 5.41 Å². The van der Waals surface area contributed by atoms with Gasteiger partial charge >= 0.3 is 0 Å². The Morgan fingerprint density at radius 3 is 2.78 bits per heavy atom. The second-order valence-corrected chi connectivity index (χ2v) is 5.37. The summed E-state index contributed by atoms with van der Waals surface area (Å²) in [5.74, 6) is -0.0348. The first-order valence-electron chi connectivity index (χ1n) is 5.52. The van der Waals surface area contributed by atoms with E-state index in [0.717, 1.165) is 11.0 Å². The third-order valence-electron chi connectivity index (χ3n) is 2.96. The molecule has 5 nitrogen and oxygen atoms in total. The normalized spacial score (nSPS) is 11.9. The van der Waals surface area contributed by atoms with Gasteiger partial charge in [0.15, 0.2) is 0 Å². The van der Waals surface area contributed by atoms with Gasteiger partial charge in [0, 0.05) is 11.6 Å². The van der Waals surface area contributed by atoms with Gasteiger partial charge in [-0.05, 0) is 32.0 Å². The number of aromatic nitrogens is 2. The maximum Gasteiger partial charge on any atom is 0.224 e. The lowest BCUT2D eigenvalue weighted by molar-refractivity contribution is -0.126. The second kappa shape index (κ2) is 4.17. The van der Waals surface area contributed by atoms with Crippen LogP contribution in [0.1, 0.15) is 13.8 Å². The summed E-state index contributed by atoms with van der Waals surface area (Å²) in [6, 6.07) is 5.32. The number of amides is 1. The van der Waals surface area contributed by atoms with Crippen molar-refractivity contribution >= 4 is 34.5 Å². The Kier molecular flexibility index (Phi) is 2.94. The zero-order valence-electron chi connectivity index (χ0n) is 10.3. The number of carbonyl (C=O) groups excluding carboxylic acids is 1. The highest BCUT2D eigenvalue weighted by atomic mass is 35.5. The van der Waals surface area contributed by atoms with Crippen LogP contribution in [0.5, 0.6) is 0 Å². The highest BCUT2D eigenvalue weighted by Crippen LogP contribution is 2.26. The monoisotopic (exact) mass is 266 g/mol. The van der Waals surface area contributed by atoms with E-state index in [-0.39, 0.29) is 5.91 Å². The zero-order valence-corrected chi connectivity index (χ0v) is 11.0. The number of hydrogen-bond donors (Lipinski definition) is 2. The predicted molar refractivity (Wildman–Crippen MR) is 72.1 cm³/mol. The van der Waals surface area contributed by atoms with E-state index in [2.05, 4.69) is 4.98 Å². The minimum atomic E-state index is -0.704. The van der Waals surface area contributed by atoms with Gasteiger partial charge in [-0.25, -0.2) is 4.98 Å². The number of halogens is 1. The number of hydrogen-bond acceptors (Lipinski definition) is 3. The van der Waals surface area contributed by atoms with Crippen LogP contribution in [0, 0.1) is 5.41 Å². The highest BCUT2D eigenvalue weighted by molar-refractivity contribution is 6.31. The quantitative estimate of drug-likeness (QED) is 0.888. The first kappa shape index (κ1) is 12.7. The van der Waals surface area contributed by atoms with Crippen molar-refractivity contribution in [2.45, 2.75) is 20.4 Å². The Bertz CT molecular complexity index is 618. The number of nitrogens with zero attached hydrogens (tertiary/aromatic N) is 2. The van der Waals surface area contributed by atoms with Crippen LogP contribution >= 0.6 is 11.6 Å². The van der Waals surface area contributed by atoms with E-state index in [1.165, 1.54) is 0 Å². The van der Waals surface area contributed by atoms with Crippen molar-refractivity contribution < 1.29 is 4.79 Å². The molecule has 0 aliphatic rings. The van der Waals surface area contributed by atoms with Crippen molar-refractivity contribution in [3.8, 4) is 0 Å². The van der Waals surface area contributed by atoms with Gasteiger partial charge in [-0.1, -0.05) is 11.6 Å². The summed E-state index contributed by atoms with van der Waals surface area (Å²) in [6.45, 7) is 3.90. The second-order valence-electron chi connectivity index (χ2n) is 4.94. The van der Waals surface area contributed by atoms with E-state index in [0.29, 0.717) is 17.5 Å². The van der Waals surface area contributed by atoms with Gasteiger partial charge in [-0.2, -0.15) is 0 Å². The number of nitrogen functional groups attached to an aromatic ring is 1. The fraction of sp³-hybridized carbons (Fsp3) is 0.333. The van der Waals surface area contributed by atoms with Crippen LogP contribution in [-0.2, 0) is 11.3 Å². The Hall–Kier alpha value is -1.75. The molecule has 18 heavy (non-hydrogen) atoms. The summed E-state index contributed by atoms with van der Waals surface area (Å²) in [6.07, 6.45) is 0. The third kappa shape index (κ3) is 2.13. The lowest BCUT2D eigenvalue weighted by atomic mass is 9.92. The molecule has 2 rings (SSSR count). The highest BCUT2D eigenvalue weighted by Gasteiger charge is 2.27. The third-order valence-corrected chi connectivity index (χ3v) is 3.20. The molecule has 1 aromatic heterocycles. The maximum absolute atomic E-state index is 11.4. The first-order valence-corrected chi connectivity index (χ1v) is 5.90. The fourth-order valence-corrected chi connectivity index (χ4v) is 1.92. The smallest absolute Gasteiger partial charge is 0.224 e. The fourth-order valence-electron chi connectivity index (χ4n) is 1.75. The van der Waals surface area contributed by atoms with E-state index in [1.54, 1.807) is 36.6 Å². The average molecular weight is 267 g/mol. The first-order chi connectivity index (χ1) is 8.31. The molecule has 1 amide bonds. The van der Waals surface area contributed by atoms with Crippen LogP contribution in [0.25, 0.3) is 11.0 Å². The number of rotatable bonds is 3. The Morgan fingerprint density at radius 2 is 2.17 bits per heavy atom. The molecular weight excluding hydrogens is 252 g/mol. The number of nitrogens with two attached hydrogens (primary N) is 2. The van der Waals surface area contributed by atoms with Gasteiger partial charge in [-0.15, -0.1) is 0 Å². The molecule has 0 atom stereocenters. The molecule has 0 aliphatic carbocycles. The summed E-state index contributed by atoms with van der Waals surface area (Å²) in [5, 5.41) is 0.598. The molecule has 0 radical (unpaired) electrons. The van der Waals surface area contributed by atoms with Crippen molar-refractivity contribution in [2.24, 2.45) is 11.1 Å². The molecule has 6 heteroatoms. The van der Waals surface area contributed by atoms with Crippen LogP contribution in [0.3, 0.4) is 0 Å². The molecule has 0 fully saturated rings. The van der Waals surface area contributed by atoms with Gasteiger partial charge in [0.05, 0.1) is 16.4 Å². The molecule has 1 heterocycles. The van der Waals surface area contributed by atoms with Crippen LogP contribution in [-0.4, -0.2) is 15.5 Å². The molecule has 0 saturated heterocycles. The lowest BCUT2D eigenvalue weighted by Gasteiger charge is -2.21. The van der Waals surface area contributed by atoms with Crippen molar-refractivity contribution in [3.63, 3.8) is 0 Å². The molecule has 96 valence electrons. The van der Waals surface area contributed by atoms with E-state index >= 15 is 0 Å². The molecular formula is C12H15ClN4O. The zero-order chi connectivity index (χ0) is 13.5. The SMILES string of the molecule is CC(C)(Cn1c(N)nc2ccc(Cl)cc21)C(N)=O. The van der Waals surface area contributed by atoms with Gasteiger partial charge in [0.25, 0.3) is 0 Å². The molecule has 0 saturated carbocycles. The summed E-state index contributed by atoms with van der Waals surface area (Å²) >= 11 is 5.96. The largest absolute Gasteiger partial charge is 0.369 e. The van der Waals surface area contributed by atoms with Crippen molar-refractivity contribution in [3.05, 3.63) is 23.2 Å². The Balaban J connectivity index is 2.53. The van der Waals surface area contributed by atoms with Crippen LogP contribution in [0.2, 0.25) is 5.02 Å². The number of benzene rings is 1. The Morgan fingerprint density at radius 1 is 1.50 bits per heavy atom. The van der Waals surface area contributed by atoms with Crippen LogP contribution < -0.4 is 11.5 Å². The number of imidazole rings is 1. The van der Waals surface area contributed by atoms with Gasteiger partial charge in [-0.3, -0.25) is 4.79 Å². The van der Waals surface area contributed by atoms with Crippen molar-refractivity contribution in [2.75, 3.05) is 5.73 Å². The molecule has 2 aromatic rings. The average Bonchev–Trinajstić information content (AvgIpc) is 2.55. The van der Waals surface area contributed by atoms with Crippen molar-refractivity contribution in [1.29, 1.82) is 0 Å². The minimum absolute atomic E-state index is 0.349. The lowest BCUT2D eigenvalue weighted by Crippen LogP contribution is -2.35. The molecule has 1 aromatic carbocycles. The van der Waals surface area contributed by atoms with Gasteiger partial charge in [0.1, 0.15) is 0 Å². The van der Waals surface area contributed by atoms with Crippen LogP contribution in [0.15, 0.2) is 18.2 Å². The van der Waals surface area contributed by atoms with E-state index in [1.807, 2.05) is 0 Å². The summed E-state index contributed by atoms with van der Waals surface area (Å²) in [4.78, 5) is 15.6. The molecule has 4 N–H and O–H groups in total. The Labute approximate surface area is 110 Å². The van der Waals surface area contributed by atoms with E-state index in [9.17, 15) is 4.79 Å². The standard InChI is InChI=1S/C12H15ClN4O/c1-12(2,10(14)18)6-17-9-5-7(13)3-4-8(9)16-11(17)15/h3-5H,6H2,1-2H3,(H2,14,18)(H2,15,16). The molecule has 0 unspecified atom stereocenters. The molecule has 0 spiro atoms. The number of fused-ring (bicyclic) bond motifs is 1. The van der Waals surface area contributed by atoms with Gasteiger partial charge in [0.2, 0.25) is 11.9 Å². The number of carbonyl (C=O) groups is 1. The van der Waals surface area contributed by atoms with Gasteiger partial charge < -0.3 is 16.0 Å². The summed E-state index contributed by atoms with van der Waals surface area (Å²) < 4.78 is 1.76. The summed E-state index contributed by atoms with van der Waals surface area (Å²) in [7, 11) is 0. The molecule has 0 aliphatic heterocycles. The van der Waals surface area contributed by atoms with Crippen molar-refractivity contribution in [1.82, 2.24) is 9.55 Å². The summed E-state index contributed by atoms with van der Waals surface area (Å²) in [5.41, 5.74) is 12.1. The van der Waals surface area contributed by atoms with E-state index in [4.69, 9.17) is 23.1 Å². The predicted octanol–water partition coefficient (Wildman–Crippen LogP) is 1.78. The minimum Gasteiger partial charge on any atom is -0.369 e. The van der Waals surface area contributed by atoms with Crippen LogP contribution in [0.4, 0.5) is 5.95 Å². The maximum atomic E-state index is 11.4. The number of anilines is 1. The number of primary amides is 1. The topological polar surface area (TPSA) is 86.9 Å².